The number of hydrogen-bond acceptors (Lipinski definition) is 2. The van der Waals surface area contributed by atoms with E-state index < -0.39 is 0 Å². The Balaban J connectivity index is 3.89. The van der Waals surface area contributed by atoms with Gasteiger partial charge in [0, 0.05) is 13.1 Å². The molecule has 0 radical (unpaired) electrons. The first-order valence-electron chi connectivity index (χ1n) is 3.95. The van der Waals surface area contributed by atoms with E-state index in [1.807, 2.05) is 11.0 Å². The fourth-order valence-electron chi connectivity index (χ4n) is 0.925. The van der Waals surface area contributed by atoms with Crippen LogP contribution < -0.4 is 0 Å². The van der Waals surface area contributed by atoms with Gasteiger partial charge in [-0.3, -0.25) is 0 Å². The Kier molecular flexibility index (Phi) is 5.77. The molecule has 0 aromatic carbocycles. The van der Waals surface area contributed by atoms with E-state index in [1.165, 1.54) is 0 Å². The highest BCUT2D eigenvalue weighted by Gasteiger charge is 2.04. The summed E-state index contributed by atoms with van der Waals surface area (Å²) >= 11 is 4.87. The van der Waals surface area contributed by atoms with Crippen LogP contribution in [-0.2, 0) is 0 Å². The molecule has 0 bridgehead atoms. The fraction of sp³-hybridized carbons (Fsp3) is 0.750. The summed E-state index contributed by atoms with van der Waals surface area (Å²) in [4.78, 5) is 2.38. The Bertz CT molecular complexity index is 154. The van der Waals surface area contributed by atoms with Crippen molar-refractivity contribution in [1.29, 1.82) is 5.26 Å². The van der Waals surface area contributed by atoms with Crippen LogP contribution in [0, 0.1) is 11.3 Å². The Morgan fingerprint density at radius 1 is 1.36 bits per heavy atom. The Morgan fingerprint density at radius 3 is 2.09 bits per heavy atom. The maximum Gasteiger partial charge on any atom is 0.180 e. The lowest BCUT2D eigenvalue weighted by Gasteiger charge is -2.19. The SMILES string of the molecule is CCCN(CCC)C(=S)C#N. The zero-order valence-corrected chi connectivity index (χ0v) is 7.95. The molecule has 0 heterocycles. The highest BCUT2D eigenvalue weighted by molar-refractivity contribution is 7.80. The van der Waals surface area contributed by atoms with E-state index in [0.717, 1.165) is 25.9 Å². The first kappa shape index (κ1) is 10.4. The third-order valence-electron chi connectivity index (χ3n) is 1.37. The maximum atomic E-state index is 8.53. The molecule has 62 valence electrons. The summed E-state index contributed by atoms with van der Waals surface area (Å²) in [6.45, 7) is 5.98. The molecule has 0 unspecified atom stereocenters. The molecule has 0 saturated carbocycles. The molecule has 0 N–H and O–H groups in total. The smallest absolute Gasteiger partial charge is 0.180 e. The monoisotopic (exact) mass is 170 g/mol. The molecule has 0 atom stereocenters. The van der Waals surface area contributed by atoms with Gasteiger partial charge in [-0.2, -0.15) is 5.26 Å². The molecular weight excluding hydrogens is 156 g/mol. The number of rotatable bonds is 4. The summed E-state index contributed by atoms with van der Waals surface area (Å²) < 4.78 is 0. The van der Waals surface area contributed by atoms with Crippen LogP contribution in [0.1, 0.15) is 26.7 Å². The number of nitriles is 1. The summed E-state index contributed by atoms with van der Waals surface area (Å²) in [6.07, 6.45) is 2.09. The second kappa shape index (κ2) is 6.11. The minimum atomic E-state index is 0.425. The van der Waals surface area contributed by atoms with E-state index in [0.29, 0.717) is 4.99 Å². The van der Waals surface area contributed by atoms with E-state index in [9.17, 15) is 0 Å². The van der Waals surface area contributed by atoms with Gasteiger partial charge in [-0.25, -0.2) is 0 Å². The molecule has 0 rings (SSSR count). The summed E-state index contributed by atoms with van der Waals surface area (Å²) in [5.41, 5.74) is 0. The van der Waals surface area contributed by atoms with Crippen molar-refractivity contribution < 1.29 is 0 Å². The largest absolute Gasteiger partial charge is 0.354 e. The lowest BCUT2D eigenvalue weighted by Crippen LogP contribution is -2.29. The van der Waals surface area contributed by atoms with Gasteiger partial charge in [0.1, 0.15) is 6.07 Å². The molecule has 0 fully saturated rings. The Hall–Kier alpha value is -0.620. The molecular formula is C8H14N2S. The molecule has 2 nitrogen and oxygen atoms in total. The van der Waals surface area contributed by atoms with E-state index in [1.54, 1.807) is 0 Å². The van der Waals surface area contributed by atoms with Crippen molar-refractivity contribution in [2.45, 2.75) is 26.7 Å². The van der Waals surface area contributed by atoms with Crippen LogP contribution in [0.4, 0.5) is 0 Å². The molecule has 11 heavy (non-hydrogen) atoms. The first-order valence-corrected chi connectivity index (χ1v) is 4.36. The minimum Gasteiger partial charge on any atom is -0.354 e. The van der Waals surface area contributed by atoms with E-state index >= 15 is 0 Å². The van der Waals surface area contributed by atoms with Crippen molar-refractivity contribution >= 4 is 17.2 Å². The zero-order chi connectivity index (χ0) is 8.69. The van der Waals surface area contributed by atoms with Gasteiger partial charge in [-0.1, -0.05) is 13.8 Å². The Labute approximate surface area is 73.8 Å². The minimum absolute atomic E-state index is 0.425. The molecule has 0 aliphatic rings. The maximum absolute atomic E-state index is 8.53. The number of nitrogens with zero attached hydrogens (tertiary/aromatic N) is 2. The molecule has 0 amide bonds. The number of thiocarbonyl (C=S) groups is 1. The van der Waals surface area contributed by atoms with Crippen molar-refractivity contribution in [1.82, 2.24) is 4.90 Å². The lowest BCUT2D eigenvalue weighted by molar-refractivity contribution is 0.426. The molecule has 0 aliphatic carbocycles. The van der Waals surface area contributed by atoms with Gasteiger partial charge in [0.15, 0.2) is 4.99 Å². The average molecular weight is 170 g/mol. The number of hydrogen-bond donors (Lipinski definition) is 0. The van der Waals surface area contributed by atoms with Crippen molar-refractivity contribution in [3.8, 4) is 6.07 Å². The van der Waals surface area contributed by atoms with Crippen LogP contribution in [0.3, 0.4) is 0 Å². The third-order valence-corrected chi connectivity index (χ3v) is 1.72. The van der Waals surface area contributed by atoms with Crippen LogP contribution in [-0.4, -0.2) is 23.0 Å². The molecule has 0 saturated heterocycles. The standard InChI is InChI=1S/C8H14N2S/c1-3-5-10(6-4-2)8(11)7-9/h3-6H2,1-2H3. The highest BCUT2D eigenvalue weighted by atomic mass is 32.1. The van der Waals surface area contributed by atoms with Gasteiger partial charge >= 0.3 is 0 Å². The van der Waals surface area contributed by atoms with Crippen molar-refractivity contribution in [3.63, 3.8) is 0 Å². The van der Waals surface area contributed by atoms with Gasteiger partial charge < -0.3 is 4.90 Å². The van der Waals surface area contributed by atoms with Crippen molar-refractivity contribution in [2.75, 3.05) is 13.1 Å². The van der Waals surface area contributed by atoms with Gasteiger partial charge in [0.25, 0.3) is 0 Å². The van der Waals surface area contributed by atoms with E-state index in [-0.39, 0.29) is 0 Å². The molecule has 0 spiro atoms. The summed E-state index contributed by atoms with van der Waals surface area (Å²) in [6, 6.07) is 1.99. The molecule has 0 aromatic heterocycles. The second-order valence-electron chi connectivity index (χ2n) is 2.40. The van der Waals surface area contributed by atoms with Gasteiger partial charge in [0.2, 0.25) is 0 Å². The predicted molar refractivity (Wildman–Crippen MR) is 50.4 cm³/mol. The van der Waals surface area contributed by atoms with Crippen LogP contribution in [0.25, 0.3) is 0 Å². The summed E-state index contributed by atoms with van der Waals surface area (Å²) in [5.74, 6) is 0. The highest BCUT2D eigenvalue weighted by Crippen LogP contribution is 1.95. The zero-order valence-electron chi connectivity index (χ0n) is 7.13. The predicted octanol–water partition coefficient (Wildman–Crippen LogP) is 1.96. The molecule has 3 heteroatoms. The Morgan fingerprint density at radius 2 is 1.82 bits per heavy atom. The van der Waals surface area contributed by atoms with Crippen LogP contribution in [0.15, 0.2) is 0 Å². The molecule has 0 aromatic rings. The lowest BCUT2D eigenvalue weighted by atomic mass is 10.3. The third kappa shape index (κ3) is 3.94. The topological polar surface area (TPSA) is 27.0 Å². The second-order valence-corrected chi connectivity index (χ2v) is 2.79. The van der Waals surface area contributed by atoms with E-state index in [2.05, 4.69) is 13.8 Å². The van der Waals surface area contributed by atoms with Crippen LogP contribution in [0.2, 0.25) is 0 Å². The van der Waals surface area contributed by atoms with Gasteiger partial charge in [-0.05, 0) is 25.1 Å². The van der Waals surface area contributed by atoms with Crippen LogP contribution >= 0.6 is 12.2 Å². The van der Waals surface area contributed by atoms with Crippen molar-refractivity contribution in [3.05, 3.63) is 0 Å². The summed E-state index contributed by atoms with van der Waals surface area (Å²) in [5, 5.41) is 8.53. The van der Waals surface area contributed by atoms with Crippen LogP contribution in [0.5, 0.6) is 0 Å². The normalized spacial score (nSPS) is 8.82. The molecule has 0 aliphatic heterocycles. The van der Waals surface area contributed by atoms with Gasteiger partial charge in [-0.15, -0.1) is 0 Å². The average Bonchev–Trinajstić information content (AvgIpc) is 2.03. The fourth-order valence-corrected chi connectivity index (χ4v) is 1.11. The quantitative estimate of drug-likeness (QED) is 0.603. The van der Waals surface area contributed by atoms with Gasteiger partial charge in [0.05, 0.1) is 0 Å². The summed E-state index contributed by atoms with van der Waals surface area (Å²) in [7, 11) is 0. The van der Waals surface area contributed by atoms with E-state index in [4.69, 9.17) is 17.5 Å². The first-order chi connectivity index (χ1) is 5.26. The van der Waals surface area contributed by atoms with Crippen molar-refractivity contribution in [2.24, 2.45) is 0 Å².